The number of carbonyl (C=O) groups is 1. The average molecular weight is 610 g/mol. The zero-order valence-electron chi connectivity index (χ0n) is 23.7. The number of aromatic nitrogens is 6. The van der Waals surface area contributed by atoms with Crippen molar-refractivity contribution < 1.29 is 14.3 Å². The summed E-state index contributed by atoms with van der Waals surface area (Å²) in [5.41, 5.74) is 2.23. The van der Waals surface area contributed by atoms with Crippen molar-refractivity contribution in [2.45, 2.75) is 10.9 Å². The quantitative estimate of drug-likeness (QED) is 0.0914. The maximum absolute atomic E-state index is 12.9. The highest BCUT2D eigenvalue weighted by Crippen LogP contribution is 2.28. The summed E-state index contributed by atoms with van der Waals surface area (Å²) in [5.74, 6) is 0.989. The van der Waals surface area contributed by atoms with Gasteiger partial charge in [0.25, 0.3) is 11.5 Å². The molecule has 0 aliphatic rings. The molecule has 0 spiro atoms. The number of guanidine groups is 1. The number of para-hydroxylation sites is 2. The first kappa shape index (κ1) is 29.7. The molecule has 3 aromatic carbocycles. The van der Waals surface area contributed by atoms with E-state index in [9.17, 15) is 9.59 Å². The number of carbonyl (C=O) groups excluding carboxylic acids is 1. The van der Waals surface area contributed by atoms with Crippen molar-refractivity contribution in [3.8, 4) is 17.2 Å². The minimum atomic E-state index is -0.469. The number of hydrogen-bond acceptors (Lipinski definition) is 10. The van der Waals surface area contributed by atoms with Crippen LogP contribution in [0.2, 0.25) is 0 Å². The van der Waals surface area contributed by atoms with Crippen LogP contribution in [0.25, 0.3) is 11.8 Å². The Bertz CT molecular complexity index is 1840. The number of tetrazole rings is 1. The molecule has 0 unspecified atom stereocenters. The van der Waals surface area contributed by atoms with E-state index in [1.807, 2.05) is 48.5 Å². The van der Waals surface area contributed by atoms with Crippen molar-refractivity contribution >= 4 is 41.3 Å². The van der Waals surface area contributed by atoms with Gasteiger partial charge in [-0.2, -0.15) is 9.67 Å². The molecule has 0 aliphatic heterocycles. The van der Waals surface area contributed by atoms with Crippen LogP contribution in [0.5, 0.6) is 11.5 Å². The molecule has 5 rings (SSSR count). The normalized spacial score (nSPS) is 11.4. The fraction of sp³-hybridized carbons (Fsp3) is 0.100. The van der Waals surface area contributed by atoms with Crippen LogP contribution in [0, 0.1) is 0 Å². The predicted octanol–water partition coefficient (Wildman–Crippen LogP) is 3.98. The van der Waals surface area contributed by atoms with Crippen LogP contribution in [-0.2, 0) is 10.5 Å². The number of aromatic amines is 1. The third-order valence-electron chi connectivity index (χ3n) is 5.90. The Hall–Kier alpha value is -5.76. The lowest BCUT2D eigenvalue weighted by Crippen LogP contribution is -2.34. The fourth-order valence-electron chi connectivity index (χ4n) is 3.90. The SMILES string of the molecule is COc1ccc(/C=C/C(=O)N/C(=N/c2nc(CSc3nnnn3-c3ccccc3)cc(=O)[nH]2)Nc2ccccc2)cc1OC. The van der Waals surface area contributed by atoms with Crippen LogP contribution >= 0.6 is 11.8 Å². The summed E-state index contributed by atoms with van der Waals surface area (Å²) in [6.07, 6.45) is 2.97. The highest BCUT2D eigenvalue weighted by molar-refractivity contribution is 7.98. The lowest BCUT2D eigenvalue weighted by atomic mass is 10.2. The Labute approximate surface area is 256 Å². The molecule has 0 atom stereocenters. The Morgan fingerprint density at radius 1 is 1.00 bits per heavy atom. The number of ether oxygens (including phenoxy) is 2. The van der Waals surface area contributed by atoms with Gasteiger partial charge in [-0.05, 0) is 58.5 Å². The number of methoxy groups -OCH3 is 2. The molecule has 0 bridgehead atoms. The van der Waals surface area contributed by atoms with Crippen molar-refractivity contribution in [2.75, 3.05) is 19.5 Å². The summed E-state index contributed by atoms with van der Waals surface area (Å²) in [7, 11) is 3.09. The highest BCUT2D eigenvalue weighted by atomic mass is 32.2. The largest absolute Gasteiger partial charge is 0.493 e. The molecule has 13 nitrogen and oxygen atoms in total. The second-order valence-corrected chi connectivity index (χ2v) is 9.89. The third kappa shape index (κ3) is 7.95. The molecule has 222 valence electrons. The van der Waals surface area contributed by atoms with Crippen LogP contribution in [0.4, 0.5) is 11.6 Å². The third-order valence-corrected chi connectivity index (χ3v) is 6.86. The van der Waals surface area contributed by atoms with Gasteiger partial charge in [-0.25, -0.2) is 4.98 Å². The van der Waals surface area contributed by atoms with Gasteiger partial charge in [-0.15, -0.1) is 5.10 Å². The van der Waals surface area contributed by atoms with E-state index < -0.39 is 11.5 Å². The van der Waals surface area contributed by atoms with Crippen LogP contribution in [0.15, 0.2) is 106 Å². The maximum Gasteiger partial charge on any atom is 0.252 e. The van der Waals surface area contributed by atoms with Crippen molar-refractivity contribution in [3.63, 3.8) is 0 Å². The number of aliphatic imine (C=N–C) groups is 1. The van der Waals surface area contributed by atoms with Gasteiger partial charge in [-0.3, -0.25) is 19.9 Å². The van der Waals surface area contributed by atoms with E-state index in [4.69, 9.17) is 9.47 Å². The van der Waals surface area contributed by atoms with Crippen LogP contribution < -0.4 is 25.7 Å². The molecule has 0 saturated heterocycles. The Morgan fingerprint density at radius 2 is 1.75 bits per heavy atom. The molecule has 1 amide bonds. The molecule has 0 aliphatic carbocycles. The first-order valence-electron chi connectivity index (χ1n) is 13.2. The molecule has 44 heavy (non-hydrogen) atoms. The van der Waals surface area contributed by atoms with Gasteiger partial charge < -0.3 is 14.8 Å². The lowest BCUT2D eigenvalue weighted by Gasteiger charge is -2.10. The molecule has 2 heterocycles. The van der Waals surface area contributed by atoms with Crippen LogP contribution in [0.1, 0.15) is 11.3 Å². The smallest absolute Gasteiger partial charge is 0.252 e. The van der Waals surface area contributed by atoms with Gasteiger partial charge >= 0.3 is 0 Å². The Balaban J connectivity index is 1.35. The van der Waals surface area contributed by atoms with E-state index in [0.717, 1.165) is 11.3 Å². The van der Waals surface area contributed by atoms with Crippen molar-refractivity contribution in [1.29, 1.82) is 0 Å². The van der Waals surface area contributed by atoms with Gasteiger partial charge in [0.2, 0.25) is 17.1 Å². The maximum atomic E-state index is 12.9. The summed E-state index contributed by atoms with van der Waals surface area (Å²) in [6, 6.07) is 25.3. The minimum absolute atomic E-state index is 0.00153. The summed E-state index contributed by atoms with van der Waals surface area (Å²) in [5, 5.41) is 18.2. The molecule has 5 aromatic rings. The van der Waals surface area contributed by atoms with Gasteiger partial charge in [0.1, 0.15) is 0 Å². The minimum Gasteiger partial charge on any atom is -0.493 e. The molecule has 0 fully saturated rings. The van der Waals surface area contributed by atoms with Crippen molar-refractivity contribution in [2.24, 2.45) is 4.99 Å². The molecule has 0 radical (unpaired) electrons. The van der Waals surface area contributed by atoms with E-state index in [1.54, 1.807) is 48.2 Å². The first-order chi connectivity index (χ1) is 21.5. The molecular weight excluding hydrogens is 582 g/mol. The lowest BCUT2D eigenvalue weighted by molar-refractivity contribution is -0.115. The number of H-pyrrole nitrogens is 1. The Morgan fingerprint density at radius 3 is 2.50 bits per heavy atom. The monoisotopic (exact) mass is 609 g/mol. The number of anilines is 1. The highest BCUT2D eigenvalue weighted by Gasteiger charge is 2.12. The van der Waals surface area contributed by atoms with Crippen LogP contribution in [-0.4, -0.2) is 56.3 Å². The van der Waals surface area contributed by atoms with E-state index in [1.165, 1.54) is 31.0 Å². The average Bonchev–Trinajstić information content (AvgIpc) is 3.52. The zero-order chi connectivity index (χ0) is 30.7. The Kier molecular flexibility index (Phi) is 9.74. The predicted molar refractivity (Wildman–Crippen MR) is 167 cm³/mol. The fourth-order valence-corrected chi connectivity index (χ4v) is 4.68. The van der Waals surface area contributed by atoms with Gasteiger partial charge in [0, 0.05) is 23.6 Å². The molecule has 0 saturated carbocycles. The van der Waals surface area contributed by atoms with Gasteiger partial charge in [0.15, 0.2) is 11.5 Å². The van der Waals surface area contributed by atoms with Gasteiger partial charge in [-0.1, -0.05) is 54.2 Å². The van der Waals surface area contributed by atoms with Gasteiger partial charge in [0.05, 0.1) is 25.6 Å². The van der Waals surface area contributed by atoms with E-state index >= 15 is 0 Å². The summed E-state index contributed by atoms with van der Waals surface area (Å²) < 4.78 is 12.2. The van der Waals surface area contributed by atoms with E-state index in [-0.39, 0.29) is 11.9 Å². The molecular formula is C30H27N9O4S. The standard InChI is InChI=1S/C30H27N9O4S/c1-42-24-15-13-20(17-25(24)43-2)14-16-26(40)33-28(31-21-9-5-3-6-10-21)35-29-32-22(18-27(41)34-29)19-44-30-36-37-38-39(30)23-11-7-4-8-12-23/h3-18H,19H2,1-2H3,(H3,31,32,33,34,35,40,41)/b16-14+. The second kappa shape index (κ2) is 14.4. The van der Waals surface area contributed by atoms with Crippen LogP contribution in [0.3, 0.4) is 0 Å². The number of amides is 1. The molecule has 14 heteroatoms. The topological polar surface area (TPSA) is 161 Å². The number of thioether (sulfide) groups is 1. The number of nitrogens with zero attached hydrogens (tertiary/aromatic N) is 6. The number of benzene rings is 3. The number of hydrogen-bond donors (Lipinski definition) is 3. The number of nitrogens with one attached hydrogen (secondary N) is 3. The van der Waals surface area contributed by atoms with E-state index in [2.05, 4.69) is 41.1 Å². The summed E-state index contributed by atoms with van der Waals surface area (Å²) >= 11 is 1.31. The summed E-state index contributed by atoms with van der Waals surface area (Å²) in [4.78, 5) is 36.9. The molecule has 2 aromatic heterocycles. The van der Waals surface area contributed by atoms with Crippen molar-refractivity contribution in [1.82, 2.24) is 35.5 Å². The zero-order valence-corrected chi connectivity index (χ0v) is 24.5. The molecule has 3 N–H and O–H groups in total. The second-order valence-electron chi connectivity index (χ2n) is 8.95. The first-order valence-corrected chi connectivity index (χ1v) is 14.2. The summed E-state index contributed by atoms with van der Waals surface area (Å²) in [6.45, 7) is 0. The van der Waals surface area contributed by atoms with Crippen molar-refractivity contribution in [3.05, 3.63) is 113 Å². The number of rotatable bonds is 10. The van der Waals surface area contributed by atoms with E-state index in [0.29, 0.717) is 33.8 Å².